The van der Waals surface area contributed by atoms with Crippen LogP contribution in [0.2, 0.25) is 19.6 Å². The molecule has 92 valence electrons. The largest absolute Gasteiger partial charge is 0.414 e. The summed E-state index contributed by atoms with van der Waals surface area (Å²) in [6, 6.07) is 0. The molecule has 1 aliphatic carbocycles. The highest BCUT2D eigenvalue weighted by Crippen LogP contribution is 2.60. The van der Waals surface area contributed by atoms with Gasteiger partial charge in [-0.25, -0.2) is 0 Å². The van der Waals surface area contributed by atoms with Gasteiger partial charge in [-0.1, -0.05) is 6.08 Å². The monoisotopic (exact) mass is 274 g/mol. The van der Waals surface area contributed by atoms with E-state index < -0.39 is 8.32 Å². The van der Waals surface area contributed by atoms with E-state index in [9.17, 15) is 0 Å². The quantitative estimate of drug-likeness (QED) is 0.569. The summed E-state index contributed by atoms with van der Waals surface area (Å²) in [5, 5.41) is 0. The van der Waals surface area contributed by atoms with Crippen molar-refractivity contribution in [2.75, 3.05) is 11.5 Å². The molecule has 1 saturated carbocycles. The highest BCUT2D eigenvalue weighted by Gasteiger charge is 2.55. The molecule has 1 spiro atoms. The van der Waals surface area contributed by atoms with Crippen molar-refractivity contribution >= 4 is 31.8 Å². The Bertz CT molecular complexity index is 269. The third-order valence-electron chi connectivity index (χ3n) is 3.13. The van der Waals surface area contributed by atoms with Gasteiger partial charge in [0, 0.05) is 5.92 Å². The Morgan fingerprint density at radius 1 is 1.31 bits per heavy atom. The first-order valence-electron chi connectivity index (χ1n) is 6.05. The summed E-state index contributed by atoms with van der Waals surface area (Å²) in [5.74, 6) is 3.20. The molecule has 1 heterocycles. The molecule has 2 aliphatic rings. The minimum atomic E-state index is -1.39. The van der Waals surface area contributed by atoms with Gasteiger partial charge in [0.2, 0.25) is 0 Å². The molecule has 2 fully saturated rings. The van der Waals surface area contributed by atoms with Crippen molar-refractivity contribution in [2.24, 2.45) is 5.92 Å². The van der Waals surface area contributed by atoms with E-state index in [2.05, 4.69) is 55.8 Å². The van der Waals surface area contributed by atoms with Gasteiger partial charge in [0.15, 0.2) is 8.32 Å². The van der Waals surface area contributed by atoms with E-state index in [4.69, 9.17) is 4.43 Å². The first kappa shape index (κ1) is 13.1. The topological polar surface area (TPSA) is 9.23 Å². The first-order chi connectivity index (χ1) is 7.47. The first-order valence-corrected chi connectivity index (χ1v) is 11.4. The lowest BCUT2D eigenvalue weighted by atomic mass is 9.80. The van der Waals surface area contributed by atoms with Gasteiger partial charge in [-0.2, -0.15) is 0 Å². The molecule has 0 aromatic heterocycles. The minimum Gasteiger partial charge on any atom is -0.414 e. The lowest BCUT2D eigenvalue weighted by molar-refractivity contribution is 0.0623. The molecule has 1 saturated heterocycles. The zero-order valence-corrected chi connectivity index (χ0v) is 13.1. The molecule has 16 heavy (non-hydrogen) atoms. The average Bonchev–Trinajstić information content (AvgIpc) is 2.16. The van der Waals surface area contributed by atoms with E-state index in [1.807, 2.05) is 0 Å². The van der Waals surface area contributed by atoms with Gasteiger partial charge in [0.25, 0.3) is 0 Å². The summed E-state index contributed by atoms with van der Waals surface area (Å²) in [6.45, 7) is 10.9. The van der Waals surface area contributed by atoms with Crippen molar-refractivity contribution in [2.45, 2.75) is 42.7 Å². The minimum absolute atomic E-state index is 0.421. The zero-order valence-electron chi connectivity index (χ0n) is 10.5. The summed E-state index contributed by atoms with van der Waals surface area (Å²) in [6.07, 6.45) is 5.17. The molecule has 2 atom stereocenters. The molecular formula is C12H22OS2Si. The van der Waals surface area contributed by atoms with Crippen molar-refractivity contribution in [1.82, 2.24) is 0 Å². The van der Waals surface area contributed by atoms with Crippen LogP contribution in [-0.2, 0) is 4.43 Å². The fourth-order valence-electron chi connectivity index (χ4n) is 2.47. The average molecular weight is 275 g/mol. The van der Waals surface area contributed by atoms with E-state index in [-0.39, 0.29) is 0 Å². The lowest BCUT2D eigenvalue weighted by Crippen LogP contribution is -2.56. The van der Waals surface area contributed by atoms with Gasteiger partial charge in [-0.15, -0.1) is 30.1 Å². The van der Waals surface area contributed by atoms with Crippen LogP contribution in [0, 0.1) is 5.92 Å². The fourth-order valence-corrected chi connectivity index (χ4v) is 7.34. The Morgan fingerprint density at radius 2 is 1.94 bits per heavy atom. The van der Waals surface area contributed by atoms with E-state index in [0.717, 1.165) is 0 Å². The summed E-state index contributed by atoms with van der Waals surface area (Å²) in [7, 11) is -1.39. The van der Waals surface area contributed by atoms with Crippen LogP contribution in [0.5, 0.6) is 0 Å². The van der Waals surface area contributed by atoms with Crippen LogP contribution in [-0.4, -0.2) is 30.0 Å². The molecule has 1 nitrogen and oxygen atoms in total. The van der Waals surface area contributed by atoms with Crippen LogP contribution in [0.3, 0.4) is 0 Å². The number of thioether (sulfide) groups is 2. The molecule has 0 bridgehead atoms. The van der Waals surface area contributed by atoms with Crippen molar-refractivity contribution < 1.29 is 4.43 Å². The molecule has 0 unspecified atom stereocenters. The van der Waals surface area contributed by atoms with Crippen molar-refractivity contribution in [3.05, 3.63) is 12.7 Å². The van der Waals surface area contributed by atoms with Crippen LogP contribution in [0.1, 0.15) is 12.8 Å². The van der Waals surface area contributed by atoms with Gasteiger partial charge in [0.1, 0.15) is 0 Å². The van der Waals surface area contributed by atoms with Crippen LogP contribution in [0.4, 0.5) is 0 Å². The molecule has 0 radical (unpaired) electrons. The molecule has 0 amide bonds. The molecule has 4 heteroatoms. The summed E-state index contributed by atoms with van der Waals surface area (Å²) < 4.78 is 6.67. The summed E-state index contributed by atoms with van der Waals surface area (Å²) in [5.41, 5.74) is 0. The van der Waals surface area contributed by atoms with E-state index in [1.165, 1.54) is 24.3 Å². The third-order valence-corrected chi connectivity index (χ3v) is 7.69. The maximum absolute atomic E-state index is 6.25. The maximum atomic E-state index is 6.25. The van der Waals surface area contributed by atoms with Gasteiger partial charge in [-0.3, -0.25) is 0 Å². The second kappa shape index (κ2) is 4.71. The maximum Gasteiger partial charge on any atom is 0.184 e. The van der Waals surface area contributed by atoms with Crippen LogP contribution >= 0.6 is 23.5 Å². The number of hydrogen-bond donors (Lipinski definition) is 0. The van der Waals surface area contributed by atoms with Crippen molar-refractivity contribution in [3.8, 4) is 0 Å². The van der Waals surface area contributed by atoms with Gasteiger partial charge in [0.05, 0.1) is 10.2 Å². The van der Waals surface area contributed by atoms with E-state index >= 15 is 0 Å². The van der Waals surface area contributed by atoms with Gasteiger partial charge in [-0.05, 0) is 44.0 Å². The fraction of sp³-hybridized carbons (Fsp3) is 0.833. The van der Waals surface area contributed by atoms with Crippen molar-refractivity contribution in [3.63, 3.8) is 0 Å². The Kier molecular flexibility index (Phi) is 3.84. The smallest absolute Gasteiger partial charge is 0.184 e. The van der Waals surface area contributed by atoms with Gasteiger partial charge < -0.3 is 4.43 Å². The lowest BCUT2D eigenvalue weighted by Gasteiger charge is -2.55. The summed E-state index contributed by atoms with van der Waals surface area (Å²) in [4.78, 5) is 0. The summed E-state index contributed by atoms with van der Waals surface area (Å²) >= 11 is 4.28. The van der Waals surface area contributed by atoms with Crippen LogP contribution in [0.25, 0.3) is 0 Å². The number of rotatable bonds is 3. The van der Waals surface area contributed by atoms with Crippen molar-refractivity contribution in [1.29, 1.82) is 0 Å². The Balaban J connectivity index is 1.99. The Morgan fingerprint density at radius 3 is 2.44 bits per heavy atom. The highest BCUT2D eigenvalue weighted by atomic mass is 32.2. The van der Waals surface area contributed by atoms with E-state index in [1.54, 1.807) is 0 Å². The normalized spacial score (nSPS) is 33.4. The number of hydrogen-bond acceptors (Lipinski definition) is 3. The SMILES string of the molecule is C=C[C@H]1[C@H](O[Si](C)(C)C)CC12SCCCS2. The van der Waals surface area contributed by atoms with Gasteiger partial charge >= 0.3 is 0 Å². The molecule has 1 aliphatic heterocycles. The standard InChI is InChI=1S/C12H22OS2Si/c1-5-10-11(13-16(2,3)4)9-12(10)14-7-6-8-15-12/h5,10-11H,1,6-9H2,2-4H3/t10-,11+/m0/s1. The second-order valence-corrected chi connectivity index (χ2v) is 13.2. The molecule has 0 N–H and O–H groups in total. The molecule has 0 aromatic rings. The molecule has 2 rings (SSSR count). The van der Waals surface area contributed by atoms with Crippen LogP contribution in [0.15, 0.2) is 12.7 Å². The molecule has 0 aromatic carbocycles. The van der Waals surface area contributed by atoms with E-state index in [0.29, 0.717) is 16.1 Å². The Hall–Kier alpha value is 0.617. The highest BCUT2D eigenvalue weighted by molar-refractivity contribution is 8.18. The Labute approximate surface area is 109 Å². The predicted octanol–water partition coefficient (Wildman–Crippen LogP) is 3.98. The molecular weight excluding hydrogens is 252 g/mol. The predicted molar refractivity (Wildman–Crippen MR) is 78.8 cm³/mol. The van der Waals surface area contributed by atoms with Crippen LogP contribution < -0.4 is 0 Å². The second-order valence-electron chi connectivity index (χ2n) is 5.60. The third kappa shape index (κ3) is 2.55. The zero-order chi connectivity index (χ0) is 11.8.